The fraction of sp³-hybridized carbons (Fsp3) is 0.167. The lowest BCUT2D eigenvalue weighted by Gasteiger charge is -2.18. The van der Waals surface area contributed by atoms with E-state index in [1.165, 1.54) is 14.2 Å². The molecule has 0 heterocycles. The van der Waals surface area contributed by atoms with Gasteiger partial charge in [-0.2, -0.15) is 0 Å². The Morgan fingerprint density at radius 3 is 1.25 bits per heavy atom. The highest BCUT2D eigenvalue weighted by molar-refractivity contribution is 6.12. The Balaban J connectivity index is 2.43. The van der Waals surface area contributed by atoms with Crippen molar-refractivity contribution in [3.05, 3.63) is 82.9 Å². The molecular formula is C24H22O4. The molecule has 3 aromatic rings. The molecule has 0 unspecified atom stereocenters. The molecule has 0 aliphatic rings. The molecule has 0 aliphatic heterocycles. The summed E-state index contributed by atoms with van der Waals surface area (Å²) in [6, 6.07) is 19.2. The molecular weight excluding hydrogens is 352 g/mol. The van der Waals surface area contributed by atoms with Crippen LogP contribution in [0.3, 0.4) is 0 Å². The minimum atomic E-state index is -0.575. The van der Waals surface area contributed by atoms with Crippen molar-refractivity contribution in [2.24, 2.45) is 0 Å². The number of carbonyl (C=O) groups excluding carboxylic acids is 2. The number of hydrogen-bond donors (Lipinski definition) is 0. The van der Waals surface area contributed by atoms with Crippen molar-refractivity contribution in [1.29, 1.82) is 0 Å². The van der Waals surface area contributed by atoms with E-state index in [-0.39, 0.29) is 11.1 Å². The highest BCUT2D eigenvalue weighted by Crippen LogP contribution is 2.36. The first-order valence-electron chi connectivity index (χ1n) is 8.95. The molecule has 0 N–H and O–H groups in total. The molecule has 0 fully saturated rings. The second-order valence-electron chi connectivity index (χ2n) is 6.52. The van der Waals surface area contributed by atoms with Crippen LogP contribution in [0.5, 0.6) is 0 Å². The molecule has 0 atom stereocenters. The minimum Gasteiger partial charge on any atom is -0.465 e. The summed E-state index contributed by atoms with van der Waals surface area (Å²) in [5.41, 5.74) is 5.42. The Labute approximate surface area is 164 Å². The smallest absolute Gasteiger partial charge is 0.339 e. The van der Waals surface area contributed by atoms with Gasteiger partial charge in [0.05, 0.1) is 25.3 Å². The van der Waals surface area contributed by atoms with Crippen molar-refractivity contribution >= 4 is 11.9 Å². The van der Waals surface area contributed by atoms with Gasteiger partial charge in [0.1, 0.15) is 0 Å². The largest absolute Gasteiger partial charge is 0.465 e. The van der Waals surface area contributed by atoms with Crippen molar-refractivity contribution in [3.63, 3.8) is 0 Å². The van der Waals surface area contributed by atoms with Crippen LogP contribution in [0.2, 0.25) is 0 Å². The van der Waals surface area contributed by atoms with Crippen LogP contribution in [0.15, 0.2) is 60.7 Å². The van der Waals surface area contributed by atoms with Gasteiger partial charge in [0.15, 0.2) is 0 Å². The zero-order chi connectivity index (χ0) is 20.3. The summed E-state index contributed by atoms with van der Waals surface area (Å²) in [5, 5.41) is 0. The van der Waals surface area contributed by atoms with Crippen LogP contribution >= 0.6 is 0 Å². The third-order valence-electron chi connectivity index (χ3n) is 4.85. The summed E-state index contributed by atoms with van der Waals surface area (Å²) < 4.78 is 10.1. The third-order valence-corrected chi connectivity index (χ3v) is 4.85. The van der Waals surface area contributed by atoms with E-state index in [4.69, 9.17) is 9.47 Å². The Morgan fingerprint density at radius 2 is 0.929 bits per heavy atom. The predicted octanol–water partition coefficient (Wildman–Crippen LogP) is 5.21. The highest BCUT2D eigenvalue weighted by atomic mass is 16.5. The molecule has 0 spiro atoms. The normalized spacial score (nSPS) is 10.4. The van der Waals surface area contributed by atoms with Gasteiger partial charge in [-0.15, -0.1) is 0 Å². The summed E-state index contributed by atoms with van der Waals surface area (Å²) in [4.78, 5) is 25.6. The number of hydrogen-bond acceptors (Lipinski definition) is 4. The molecule has 0 radical (unpaired) electrons. The van der Waals surface area contributed by atoms with E-state index in [1.54, 1.807) is 0 Å². The lowest BCUT2D eigenvalue weighted by molar-refractivity contribution is 0.0556. The van der Waals surface area contributed by atoms with Gasteiger partial charge in [-0.05, 0) is 47.2 Å². The number of ether oxygens (including phenoxy) is 2. The first-order valence-corrected chi connectivity index (χ1v) is 8.95. The molecule has 0 saturated carbocycles. The van der Waals surface area contributed by atoms with E-state index >= 15 is 0 Å². The average molecular weight is 374 g/mol. The zero-order valence-corrected chi connectivity index (χ0v) is 16.4. The van der Waals surface area contributed by atoms with Gasteiger partial charge in [-0.1, -0.05) is 60.7 Å². The van der Waals surface area contributed by atoms with Gasteiger partial charge in [0.25, 0.3) is 0 Å². The second kappa shape index (κ2) is 8.09. The maximum absolute atomic E-state index is 12.8. The van der Waals surface area contributed by atoms with Gasteiger partial charge in [-0.3, -0.25) is 0 Å². The standard InChI is InChI=1S/C24H22O4/c1-15-9-5-7-11-17(15)19-13-14-20(18-12-8-6-10-16(18)2)22(24(26)28-4)21(19)23(25)27-3/h5-14H,1-4H3. The number of benzene rings is 3. The molecule has 0 saturated heterocycles. The zero-order valence-electron chi connectivity index (χ0n) is 16.4. The molecule has 28 heavy (non-hydrogen) atoms. The molecule has 0 aliphatic carbocycles. The van der Waals surface area contributed by atoms with Gasteiger partial charge < -0.3 is 9.47 Å². The summed E-state index contributed by atoms with van der Waals surface area (Å²) in [7, 11) is 2.62. The molecule has 0 aromatic heterocycles. The monoisotopic (exact) mass is 374 g/mol. The molecule has 0 bridgehead atoms. The minimum absolute atomic E-state index is 0.212. The van der Waals surface area contributed by atoms with Gasteiger partial charge in [0, 0.05) is 0 Å². The van der Waals surface area contributed by atoms with E-state index in [0.29, 0.717) is 11.1 Å². The molecule has 3 aromatic carbocycles. The molecule has 142 valence electrons. The SMILES string of the molecule is COC(=O)c1c(-c2ccccc2C)ccc(-c2ccccc2C)c1C(=O)OC. The number of methoxy groups -OCH3 is 2. The molecule has 4 nitrogen and oxygen atoms in total. The molecule has 3 rings (SSSR count). The lowest BCUT2D eigenvalue weighted by Crippen LogP contribution is -2.15. The van der Waals surface area contributed by atoms with Crippen LogP contribution in [0.4, 0.5) is 0 Å². The third kappa shape index (κ3) is 3.41. The van der Waals surface area contributed by atoms with Crippen LogP contribution in [0.25, 0.3) is 22.3 Å². The number of aryl methyl sites for hydroxylation is 2. The molecule has 0 amide bonds. The van der Waals surface area contributed by atoms with E-state index < -0.39 is 11.9 Å². The van der Waals surface area contributed by atoms with E-state index in [2.05, 4.69) is 0 Å². The van der Waals surface area contributed by atoms with Crippen LogP contribution in [-0.4, -0.2) is 26.2 Å². The fourth-order valence-electron chi connectivity index (χ4n) is 3.43. The Morgan fingerprint density at radius 1 is 0.571 bits per heavy atom. The quantitative estimate of drug-likeness (QED) is 0.588. The fourth-order valence-corrected chi connectivity index (χ4v) is 3.43. The Kier molecular flexibility index (Phi) is 5.59. The van der Waals surface area contributed by atoms with Crippen LogP contribution in [0.1, 0.15) is 31.8 Å². The Bertz CT molecular complexity index is 966. The second-order valence-corrected chi connectivity index (χ2v) is 6.52. The van der Waals surface area contributed by atoms with Gasteiger partial charge in [-0.25, -0.2) is 9.59 Å². The topological polar surface area (TPSA) is 52.6 Å². The van der Waals surface area contributed by atoms with Crippen molar-refractivity contribution in [2.75, 3.05) is 14.2 Å². The van der Waals surface area contributed by atoms with Crippen LogP contribution < -0.4 is 0 Å². The van der Waals surface area contributed by atoms with E-state index in [9.17, 15) is 9.59 Å². The maximum atomic E-state index is 12.8. The summed E-state index contributed by atoms with van der Waals surface area (Å²) in [6.45, 7) is 3.92. The average Bonchev–Trinajstić information content (AvgIpc) is 2.72. The predicted molar refractivity (Wildman–Crippen MR) is 109 cm³/mol. The summed E-state index contributed by atoms with van der Waals surface area (Å²) in [6.07, 6.45) is 0. The van der Waals surface area contributed by atoms with Crippen LogP contribution in [0, 0.1) is 13.8 Å². The van der Waals surface area contributed by atoms with Crippen molar-refractivity contribution in [2.45, 2.75) is 13.8 Å². The number of rotatable bonds is 4. The van der Waals surface area contributed by atoms with Gasteiger partial charge >= 0.3 is 11.9 Å². The van der Waals surface area contributed by atoms with E-state index in [1.807, 2.05) is 74.5 Å². The maximum Gasteiger partial charge on any atom is 0.339 e. The van der Waals surface area contributed by atoms with Crippen molar-refractivity contribution in [1.82, 2.24) is 0 Å². The van der Waals surface area contributed by atoms with Crippen LogP contribution in [-0.2, 0) is 9.47 Å². The first-order chi connectivity index (χ1) is 13.5. The number of esters is 2. The summed E-state index contributed by atoms with van der Waals surface area (Å²) in [5.74, 6) is -1.15. The van der Waals surface area contributed by atoms with Crippen molar-refractivity contribution in [3.8, 4) is 22.3 Å². The summed E-state index contributed by atoms with van der Waals surface area (Å²) >= 11 is 0. The number of carbonyl (C=O) groups is 2. The van der Waals surface area contributed by atoms with Gasteiger partial charge in [0.2, 0.25) is 0 Å². The molecule has 4 heteroatoms. The van der Waals surface area contributed by atoms with Crippen molar-refractivity contribution < 1.29 is 19.1 Å². The first kappa shape index (κ1) is 19.4. The highest BCUT2D eigenvalue weighted by Gasteiger charge is 2.28. The Hall–Kier alpha value is -3.40. The van der Waals surface area contributed by atoms with E-state index in [0.717, 1.165) is 22.3 Å². The lowest BCUT2D eigenvalue weighted by atomic mass is 9.86.